The van der Waals surface area contributed by atoms with Crippen molar-refractivity contribution in [1.82, 2.24) is 9.97 Å². The number of anilines is 1. The summed E-state index contributed by atoms with van der Waals surface area (Å²) < 4.78 is 0. The quantitative estimate of drug-likeness (QED) is 0.464. The van der Waals surface area contributed by atoms with Crippen LogP contribution in [0.1, 0.15) is 19.2 Å². The van der Waals surface area contributed by atoms with E-state index in [9.17, 15) is 4.79 Å². The van der Waals surface area contributed by atoms with Crippen LogP contribution in [-0.4, -0.2) is 33.4 Å². The number of carbonyl (C=O) groups excluding carboxylic acids is 1. The predicted octanol–water partition coefficient (Wildman–Crippen LogP) is 4.95. The van der Waals surface area contributed by atoms with Crippen molar-refractivity contribution in [2.45, 2.75) is 35.4 Å². The van der Waals surface area contributed by atoms with Crippen LogP contribution in [0.3, 0.4) is 0 Å². The van der Waals surface area contributed by atoms with Gasteiger partial charge in [0.15, 0.2) is 0 Å². The number of amides is 1. The lowest BCUT2D eigenvalue weighted by Crippen LogP contribution is -2.33. The molecule has 1 atom stereocenters. The molecule has 0 bridgehead atoms. The van der Waals surface area contributed by atoms with Crippen molar-refractivity contribution < 1.29 is 4.79 Å². The van der Waals surface area contributed by atoms with Crippen LogP contribution in [-0.2, 0) is 4.79 Å². The lowest BCUT2D eigenvalue weighted by Gasteiger charge is -2.22. The number of thioether (sulfide) groups is 2. The molecule has 27 heavy (non-hydrogen) atoms. The number of benzene rings is 2. The number of hydrogen-bond donors (Lipinski definition) is 0. The Bertz CT molecular complexity index is 992. The van der Waals surface area contributed by atoms with Gasteiger partial charge in [0.2, 0.25) is 5.91 Å². The van der Waals surface area contributed by atoms with E-state index < -0.39 is 0 Å². The third-order valence-electron chi connectivity index (χ3n) is 4.56. The molecule has 1 amide bonds. The molecule has 0 spiro atoms. The summed E-state index contributed by atoms with van der Waals surface area (Å²) in [5.41, 5.74) is 1.95. The fraction of sp³-hybridized carbons (Fsp3) is 0.286. The van der Waals surface area contributed by atoms with Crippen LogP contribution in [0.4, 0.5) is 5.69 Å². The standard InChI is InChI=1S/C21H21N3OS2/c1-14-11-12-24(18-9-5-6-10-19(18)27-14)20(25)13-26-21-16-7-3-4-8-17(16)22-15(2)23-21/h3-10,14H,11-13H2,1-2H3. The number of rotatable bonds is 3. The van der Waals surface area contributed by atoms with E-state index in [0.29, 0.717) is 11.0 Å². The van der Waals surface area contributed by atoms with Gasteiger partial charge >= 0.3 is 0 Å². The molecule has 1 aliphatic heterocycles. The average molecular weight is 396 g/mol. The topological polar surface area (TPSA) is 46.1 Å². The summed E-state index contributed by atoms with van der Waals surface area (Å²) in [5.74, 6) is 1.23. The molecular formula is C21H21N3OS2. The monoisotopic (exact) mass is 395 g/mol. The third-order valence-corrected chi connectivity index (χ3v) is 6.77. The van der Waals surface area contributed by atoms with E-state index in [2.05, 4.69) is 23.0 Å². The summed E-state index contributed by atoms with van der Waals surface area (Å²) in [6.07, 6.45) is 0.991. The molecule has 0 saturated carbocycles. The maximum absolute atomic E-state index is 13.1. The zero-order chi connectivity index (χ0) is 18.8. The van der Waals surface area contributed by atoms with E-state index in [1.807, 2.05) is 66.1 Å². The van der Waals surface area contributed by atoms with E-state index in [4.69, 9.17) is 0 Å². The lowest BCUT2D eigenvalue weighted by atomic mass is 10.2. The van der Waals surface area contributed by atoms with Crippen LogP contribution >= 0.6 is 23.5 Å². The second kappa shape index (κ2) is 7.90. The van der Waals surface area contributed by atoms with Crippen molar-refractivity contribution >= 4 is 46.0 Å². The molecule has 4 nitrogen and oxygen atoms in total. The Morgan fingerprint density at radius 1 is 1.19 bits per heavy atom. The number of fused-ring (bicyclic) bond motifs is 2. The highest BCUT2D eigenvalue weighted by Crippen LogP contribution is 2.37. The third kappa shape index (κ3) is 3.96. The van der Waals surface area contributed by atoms with Gasteiger partial charge in [0, 0.05) is 22.1 Å². The molecule has 1 aliphatic rings. The second-order valence-corrected chi connectivity index (χ2v) is 9.06. The lowest BCUT2D eigenvalue weighted by molar-refractivity contribution is -0.116. The molecule has 0 fully saturated rings. The fourth-order valence-corrected chi connectivity index (χ4v) is 5.28. The van der Waals surface area contributed by atoms with E-state index in [0.717, 1.165) is 40.4 Å². The minimum Gasteiger partial charge on any atom is -0.311 e. The van der Waals surface area contributed by atoms with Gasteiger partial charge in [-0.3, -0.25) is 4.79 Å². The number of carbonyl (C=O) groups is 1. The molecule has 3 aromatic rings. The van der Waals surface area contributed by atoms with Gasteiger partial charge < -0.3 is 4.90 Å². The van der Waals surface area contributed by atoms with Crippen LogP contribution in [0.2, 0.25) is 0 Å². The zero-order valence-electron chi connectivity index (χ0n) is 15.4. The Morgan fingerprint density at radius 2 is 1.96 bits per heavy atom. The Hall–Kier alpha value is -2.05. The molecule has 138 valence electrons. The van der Waals surface area contributed by atoms with Gasteiger partial charge in [-0.2, -0.15) is 0 Å². The molecule has 1 unspecified atom stereocenters. The minimum absolute atomic E-state index is 0.127. The first-order chi connectivity index (χ1) is 13.1. The second-order valence-electron chi connectivity index (χ2n) is 6.61. The largest absolute Gasteiger partial charge is 0.311 e. The van der Waals surface area contributed by atoms with Crippen LogP contribution in [0.5, 0.6) is 0 Å². The van der Waals surface area contributed by atoms with Gasteiger partial charge in [0.1, 0.15) is 10.9 Å². The van der Waals surface area contributed by atoms with E-state index >= 15 is 0 Å². The average Bonchev–Trinajstić information content (AvgIpc) is 2.84. The Kier molecular flexibility index (Phi) is 5.36. The summed E-state index contributed by atoms with van der Waals surface area (Å²) in [4.78, 5) is 25.2. The van der Waals surface area contributed by atoms with Crippen LogP contribution < -0.4 is 4.90 Å². The molecule has 0 saturated heterocycles. The number of hydrogen-bond acceptors (Lipinski definition) is 5. The first-order valence-electron chi connectivity index (χ1n) is 9.04. The van der Waals surface area contributed by atoms with Crippen LogP contribution in [0.15, 0.2) is 58.5 Å². The van der Waals surface area contributed by atoms with Gasteiger partial charge in [-0.25, -0.2) is 9.97 Å². The normalized spacial score (nSPS) is 16.8. The van der Waals surface area contributed by atoms with Crippen LogP contribution in [0, 0.1) is 6.92 Å². The van der Waals surface area contributed by atoms with E-state index in [1.54, 1.807) is 0 Å². The molecular weight excluding hydrogens is 374 g/mol. The smallest absolute Gasteiger partial charge is 0.237 e. The SMILES string of the molecule is Cc1nc(SCC(=O)N2CCC(C)Sc3ccccc32)c2ccccc2n1. The fourth-order valence-electron chi connectivity index (χ4n) is 3.22. The first-order valence-corrected chi connectivity index (χ1v) is 10.9. The number of nitrogens with zero attached hydrogens (tertiary/aromatic N) is 3. The predicted molar refractivity (Wildman–Crippen MR) is 114 cm³/mol. The van der Waals surface area contributed by atoms with E-state index in [-0.39, 0.29) is 5.91 Å². The van der Waals surface area contributed by atoms with Gasteiger partial charge in [-0.15, -0.1) is 11.8 Å². The Labute approximate surface area is 167 Å². The number of para-hydroxylation sites is 2. The molecule has 2 heterocycles. The van der Waals surface area contributed by atoms with Gasteiger partial charge in [0.25, 0.3) is 0 Å². The number of aromatic nitrogens is 2. The molecule has 1 aromatic heterocycles. The summed E-state index contributed by atoms with van der Waals surface area (Å²) in [6.45, 7) is 4.87. The molecule has 0 aliphatic carbocycles. The first kappa shape index (κ1) is 18.3. The maximum Gasteiger partial charge on any atom is 0.237 e. The minimum atomic E-state index is 0.127. The van der Waals surface area contributed by atoms with Gasteiger partial charge in [-0.1, -0.05) is 49.0 Å². The van der Waals surface area contributed by atoms with Crippen molar-refractivity contribution in [3.8, 4) is 0 Å². The zero-order valence-corrected chi connectivity index (χ0v) is 17.0. The van der Waals surface area contributed by atoms with Crippen molar-refractivity contribution in [2.24, 2.45) is 0 Å². The summed E-state index contributed by atoms with van der Waals surface area (Å²) in [7, 11) is 0. The van der Waals surface area contributed by atoms with Gasteiger partial charge in [-0.05, 0) is 31.5 Å². The molecule has 6 heteroatoms. The molecule has 2 aromatic carbocycles. The highest BCUT2D eigenvalue weighted by molar-refractivity contribution is 8.00. The molecule has 0 N–H and O–H groups in total. The van der Waals surface area contributed by atoms with Crippen molar-refractivity contribution in [3.05, 3.63) is 54.4 Å². The van der Waals surface area contributed by atoms with Crippen LogP contribution in [0.25, 0.3) is 10.9 Å². The van der Waals surface area contributed by atoms with Crippen molar-refractivity contribution in [3.63, 3.8) is 0 Å². The number of aryl methyl sites for hydroxylation is 1. The van der Waals surface area contributed by atoms with Crippen molar-refractivity contribution in [1.29, 1.82) is 0 Å². The summed E-state index contributed by atoms with van der Waals surface area (Å²) in [5, 5.41) is 2.38. The summed E-state index contributed by atoms with van der Waals surface area (Å²) >= 11 is 3.35. The molecule has 0 radical (unpaired) electrons. The highest BCUT2D eigenvalue weighted by atomic mass is 32.2. The van der Waals surface area contributed by atoms with Crippen molar-refractivity contribution in [2.75, 3.05) is 17.2 Å². The summed E-state index contributed by atoms with van der Waals surface area (Å²) in [6, 6.07) is 16.2. The van der Waals surface area contributed by atoms with E-state index in [1.165, 1.54) is 16.7 Å². The molecule has 4 rings (SSSR count). The van der Waals surface area contributed by atoms with Gasteiger partial charge in [0.05, 0.1) is 17.0 Å². The maximum atomic E-state index is 13.1. The Morgan fingerprint density at radius 3 is 2.85 bits per heavy atom. The highest BCUT2D eigenvalue weighted by Gasteiger charge is 2.24. The Balaban J connectivity index is 1.57.